The van der Waals surface area contributed by atoms with Gasteiger partial charge in [0.05, 0.1) is 0 Å². The van der Waals surface area contributed by atoms with Gasteiger partial charge in [-0.25, -0.2) is 0 Å². The molecule has 0 amide bonds. The molecule has 0 radical (unpaired) electrons. The lowest BCUT2D eigenvalue weighted by atomic mass is 9.99. The summed E-state index contributed by atoms with van der Waals surface area (Å²) < 4.78 is 1.22. The van der Waals surface area contributed by atoms with E-state index in [1.807, 2.05) is 0 Å². The summed E-state index contributed by atoms with van der Waals surface area (Å²) in [4.78, 5) is 0. The quantitative estimate of drug-likeness (QED) is 0.854. The summed E-state index contributed by atoms with van der Waals surface area (Å²) in [5.74, 6) is 1.04. The van der Waals surface area contributed by atoms with Crippen LogP contribution in [0.25, 0.3) is 0 Å². The van der Waals surface area contributed by atoms with Crippen LogP contribution in [0.3, 0.4) is 0 Å². The maximum atomic E-state index is 3.73. The van der Waals surface area contributed by atoms with E-state index >= 15 is 0 Å². The number of halogens is 1. The van der Waals surface area contributed by atoms with Crippen LogP contribution in [0.2, 0.25) is 0 Å². The summed E-state index contributed by atoms with van der Waals surface area (Å²) in [6.07, 6.45) is 5.86. The van der Waals surface area contributed by atoms with E-state index in [2.05, 4.69) is 52.4 Å². The average Bonchev–Trinajstić information content (AvgIpc) is 3.17. The molecule has 1 aromatic carbocycles. The van der Waals surface area contributed by atoms with Gasteiger partial charge in [0.25, 0.3) is 0 Å². The Bertz CT molecular complexity index is 407. The Morgan fingerprint density at radius 3 is 2.65 bits per heavy atom. The third-order valence-electron chi connectivity index (χ3n) is 4.47. The second-order valence-electron chi connectivity index (χ2n) is 5.76. The van der Waals surface area contributed by atoms with Gasteiger partial charge in [-0.1, -0.05) is 34.1 Å². The fourth-order valence-corrected chi connectivity index (χ4v) is 3.51. The molecule has 2 aliphatic rings. The van der Waals surface area contributed by atoms with Gasteiger partial charge in [-0.15, -0.1) is 0 Å². The van der Waals surface area contributed by atoms with Crippen LogP contribution >= 0.6 is 15.9 Å². The molecule has 1 aromatic rings. The molecule has 2 heteroatoms. The highest BCUT2D eigenvalue weighted by Crippen LogP contribution is 2.60. The number of nitrogens with one attached hydrogen (secondary N) is 1. The Hall–Kier alpha value is -0.340. The lowest BCUT2D eigenvalue weighted by Gasteiger charge is -2.21. The largest absolute Gasteiger partial charge is 0.310 e. The second-order valence-corrected chi connectivity index (χ2v) is 6.62. The summed E-state index contributed by atoms with van der Waals surface area (Å²) in [5.41, 5.74) is 2.06. The van der Waals surface area contributed by atoms with E-state index in [0.717, 1.165) is 5.92 Å². The van der Waals surface area contributed by atoms with E-state index in [1.165, 1.54) is 42.3 Å². The van der Waals surface area contributed by atoms with Crippen molar-refractivity contribution in [1.82, 2.24) is 5.32 Å². The first-order valence-corrected chi connectivity index (χ1v) is 7.48. The van der Waals surface area contributed by atoms with Crippen LogP contribution in [0.4, 0.5) is 0 Å². The molecule has 2 aliphatic carbocycles. The molecule has 2 saturated carbocycles. The fraction of sp³-hybridized carbons (Fsp3) is 0.600. The maximum absolute atomic E-state index is 3.73. The van der Waals surface area contributed by atoms with Crippen molar-refractivity contribution in [2.45, 2.75) is 38.6 Å². The van der Waals surface area contributed by atoms with Gasteiger partial charge in [0, 0.05) is 17.1 Å². The first-order chi connectivity index (χ1) is 8.21. The molecular weight excluding hydrogens is 274 g/mol. The van der Waals surface area contributed by atoms with Crippen molar-refractivity contribution in [3.63, 3.8) is 0 Å². The molecule has 17 heavy (non-hydrogen) atoms. The van der Waals surface area contributed by atoms with Crippen molar-refractivity contribution < 1.29 is 0 Å². The van der Waals surface area contributed by atoms with Crippen molar-refractivity contribution in [3.8, 4) is 0 Å². The topological polar surface area (TPSA) is 12.0 Å². The van der Waals surface area contributed by atoms with Crippen molar-refractivity contribution in [1.29, 1.82) is 0 Å². The van der Waals surface area contributed by atoms with Crippen LogP contribution in [0.1, 0.15) is 44.2 Å². The molecule has 0 aliphatic heterocycles. The molecule has 0 bridgehead atoms. The molecule has 0 saturated heterocycles. The van der Waals surface area contributed by atoms with Crippen LogP contribution < -0.4 is 5.32 Å². The Labute approximate surface area is 112 Å². The zero-order valence-electron chi connectivity index (χ0n) is 10.4. The van der Waals surface area contributed by atoms with Gasteiger partial charge >= 0.3 is 0 Å². The van der Waals surface area contributed by atoms with Crippen LogP contribution in [0, 0.1) is 11.3 Å². The standard InChI is InChI=1S/C15H20BrN/c1-11(13-4-2-3-5-14(13)16)17-10-15(8-9-15)12-6-7-12/h2-5,11-12,17H,6-10H2,1H3. The Morgan fingerprint density at radius 2 is 2.06 bits per heavy atom. The minimum absolute atomic E-state index is 0.446. The van der Waals surface area contributed by atoms with E-state index in [4.69, 9.17) is 0 Å². The molecule has 1 atom stereocenters. The predicted molar refractivity (Wildman–Crippen MR) is 75.0 cm³/mol. The van der Waals surface area contributed by atoms with Gasteiger partial charge in [-0.3, -0.25) is 0 Å². The number of hydrogen-bond acceptors (Lipinski definition) is 1. The second kappa shape index (κ2) is 4.40. The molecule has 3 rings (SSSR count). The summed E-state index contributed by atoms with van der Waals surface area (Å²) >= 11 is 3.63. The summed E-state index contributed by atoms with van der Waals surface area (Å²) in [6.45, 7) is 3.48. The van der Waals surface area contributed by atoms with Crippen molar-refractivity contribution in [2.75, 3.05) is 6.54 Å². The van der Waals surface area contributed by atoms with Gasteiger partial charge in [0.1, 0.15) is 0 Å². The Kier molecular flexibility index (Phi) is 3.04. The third kappa shape index (κ3) is 2.43. The normalized spacial score (nSPS) is 23.4. The van der Waals surface area contributed by atoms with E-state index in [0.29, 0.717) is 11.5 Å². The highest BCUT2D eigenvalue weighted by atomic mass is 79.9. The van der Waals surface area contributed by atoms with E-state index in [9.17, 15) is 0 Å². The van der Waals surface area contributed by atoms with E-state index < -0.39 is 0 Å². The molecule has 2 fully saturated rings. The van der Waals surface area contributed by atoms with Gasteiger partial charge in [-0.2, -0.15) is 0 Å². The maximum Gasteiger partial charge on any atom is 0.0303 e. The first-order valence-electron chi connectivity index (χ1n) is 6.69. The van der Waals surface area contributed by atoms with Crippen LogP contribution in [0.5, 0.6) is 0 Å². The van der Waals surface area contributed by atoms with Gasteiger partial charge in [0.15, 0.2) is 0 Å². The highest BCUT2D eigenvalue weighted by molar-refractivity contribution is 9.10. The monoisotopic (exact) mass is 293 g/mol. The third-order valence-corrected chi connectivity index (χ3v) is 5.19. The van der Waals surface area contributed by atoms with Gasteiger partial charge < -0.3 is 5.32 Å². The summed E-state index contributed by atoms with van der Waals surface area (Å²) in [5, 5.41) is 3.73. The molecule has 92 valence electrons. The van der Waals surface area contributed by atoms with Crippen LogP contribution in [-0.2, 0) is 0 Å². The lowest BCUT2D eigenvalue weighted by Crippen LogP contribution is -2.28. The molecule has 0 spiro atoms. The van der Waals surface area contributed by atoms with Crippen molar-refractivity contribution in [3.05, 3.63) is 34.3 Å². The predicted octanol–water partition coefficient (Wildman–Crippen LogP) is 4.29. The SMILES string of the molecule is CC(NCC1(C2CC2)CC1)c1ccccc1Br. The fourth-order valence-electron chi connectivity index (χ4n) is 2.88. The van der Waals surface area contributed by atoms with Crippen molar-refractivity contribution in [2.24, 2.45) is 11.3 Å². The average molecular weight is 294 g/mol. The molecule has 0 aromatic heterocycles. The van der Waals surface area contributed by atoms with E-state index in [1.54, 1.807) is 0 Å². The Balaban J connectivity index is 1.60. The van der Waals surface area contributed by atoms with E-state index in [-0.39, 0.29) is 0 Å². The van der Waals surface area contributed by atoms with Crippen LogP contribution in [0.15, 0.2) is 28.7 Å². The lowest BCUT2D eigenvalue weighted by molar-refractivity contribution is 0.381. The smallest absolute Gasteiger partial charge is 0.0303 e. The number of hydrogen-bond donors (Lipinski definition) is 1. The highest BCUT2D eigenvalue weighted by Gasteiger charge is 2.53. The minimum atomic E-state index is 0.446. The van der Waals surface area contributed by atoms with Crippen molar-refractivity contribution >= 4 is 15.9 Å². The molecule has 1 unspecified atom stereocenters. The summed E-state index contributed by atoms with van der Waals surface area (Å²) in [6, 6.07) is 8.97. The number of benzene rings is 1. The first kappa shape index (κ1) is 11.7. The molecule has 1 N–H and O–H groups in total. The summed E-state index contributed by atoms with van der Waals surface area (Å²) in [7, 11) is 0. The number of rotatable bonds is 5. The van der Waals surface area contributed by atoms with Gasteiger partial charge in [-0.05, 0) is 55.6 Å². The van der Waals surface area contributed by atoms with Gasteiger partial charge in [0.2, 0.25) is 0 Å². The Morgan fingerprint density at radius 1 is 1.35 bits per heavy atom. The van der Waals surface area contributed by atoms with Crippen LogP contribution in [-0.4, -0.2) is 6.54 Å². The molecule has 1 nitrogen and oxygen atoms in total. The zero-order chi connectivity index (χ0) is 11.9. The molecule has 0 heterocycles. The minimum Gasteiger partial charge on any atom is -0.310 e. The molecular formula is C15H20BrN. The zero-order valence-corrected chi connectivity index (χ0v) is 12.0.